The van der Waals surface area contributed by atoms with Gasteiger partial charge in [0.15, 0.2) is 11.5 Å². The number of carbonyl (C=O) groups excluding carboxylic acids is 2. The SMILES string of the molecule is COc1cc(-c2ccc(=O)n(CC(=O)Nc3ccc(NC(C)=O)cc3)n2)cc(OC)c1OC. The average molecular weight is 452 g/mol. The van der Waals surface area contributed by atoms with Crippen molar-refractivity contribution in [3.63, 3.8) is 0 Å². The standard InChI is InChI=1S/C23H24N4O6/c1-14(28)24-16-5-7-17(8-6-16)25-21(29)13-27-22(30)10-9-18(26-27)15-11-19(31-2)23(33-4)20(12-15)32-3/h5-12H,13H2,1-4H3,(H,24,28)(H,25,29). The fourth-order valence-corrected chi connectivity index (χ4v) is 3.12. The van der Waals surface area contributed by atoms with Crippen LogP contribution in [0.4, 0.5) is 11.4 Å². The highest BCUT2D eigenvalue weighted by Crippen LogP contribution is 2.40. The number of nitrogens with one attached hydrogen (secondary N) is 2. The van der Waals surface area contributed by atoms with Crippen LogP contribution in [0, 0.1) is 0 Å². The summed E-state index contributed by atoms with van der Waals surface area (Å²) in [6.45, 7) is 1.12. The van der Waals surface area contributed by atoms with Crippen molar-refractivity contribution < 1.29 is 23.8 Å². The lowest BCUT2D eigenvalue weighted by atomic mass is 10.1. The number of rotatable bonds is 8. The Balaban J connectivity index is 1.81. The van der Waals surface area contributed by atoms with Crippen molar-refractivity contribution in [1.82, 2.24) is 9.78 Å². The lowest BCUT2D eigenvalue weighted by Crippen LogP contribution is -2.29. The predicted octanol–water partition coefficient (Wildman–Crippen LogP) is 2.53. The highest BCUT2D eigenvalue weighted by Gasteiger charge is 2.16. The zero-order chi connectivity index (χ0) is 24.0. The summed E-state index contributed by atoms with van der Waals surface area (Å²) in [5, 5.41) is 9.67. The fourth-order valence-electron chi connectivity index (χ4n) is 3.12. The second kappa shape index (κ2) is 10.3. The molecular formula is C23H24N4O6. The molecule has 0 atom stereocenters. The Kier molecular flexibility index (Phi) is 7.29. The van der Waals surface area contributed by atoms with E-state index in [1.807, 2.05) is 0 Å². The Hall–Kier alpha value is -4.34. The number of ether oxygens (including phenoxy) is 3. The molecule has 0 saturated carbocycles. The molecule has 2 aromatic carbocycles. The average Bonchev–Trinajstić information content (AvgIpc) is 2.80. The molecule has 0 aliphatic heterocycles. The Morgan fingerprint density at radius 1 is 0.879 bits per heavy atom. The second-order valence-corrected chi connectivity index (χ2v) is 6.94. The first-order valence-electron chi connectivity index (χ1n) is 9.90. The third-order valence-electron chi connectivity index (χ3n) is 4.61. The van der Waals surface area contributed by atoms with Crippen molar-refractivity contribution in [3.05, 3.63) is 58.9 Å². The number of aromatic nitrogens is 2. The highest BCUT2D eigenvalue weighted by molar-refractivity contribution is 5.92. The van der Waals surface area contributed by atoms with Gasteiger partial charge in [0.05, 0.1) is 27.0 Å². The van der Waals surface area contributed by atoms with E-state index in [0.29, 0.717) is 39.9 Å². The van der Waals surface area contributed by atoms with Crippen molar-refractivity contribution in [2.75, 3.05) is 32.0 Å². The van der Waals surface area contributed by atoms with Crippen LogP contribution < -0.4 is 30.4 Å². The molecule has 0 fully saturated rings. The predicted molar refractivity (Wildman–Crippen MR) is 123 cm³/mol. The van der Waals surface area contributed by atoms with Gasteiger partial charge in [0.25, 0.3) is 5.56 Å². The van der Waals surface area contributed by atoms with Gasteiger partial charge in [-0.1, -0.05) is 0 Å². The van der Waals surface area contributed by atoms with Crippen LogP contribution in [0.25, 0.3) is 11.3 Å². The topological polar surface area (TPSA) is 121 Å². The maximum Gasteiger partial charge on any atom is 0.267 e. The van der Waals surface area contributed by atoms with Gasteiger partial charge >= 0.3 is 0 Å². The number of methoxy groups -OCH3 is 3. The molecule has 0 bridgehead atoms. The van der Waals surface area contributed by atoms with Crippen molar-refractivity contribution in [2.24, 2.45) is 0 Å². The third-order valence-corrected chi connectivity index (χ3v) is 4.61. The first-order chi connectivity index (χ1) is 15.8. The van der Waals surface area contributed by atoms with Gasteiger partial charge in [-0.2, -0.15) is 5.10 Å². The zero-order valence-electron chi connectivity index (χ0n) is 18.7. The van der Waals surface area contributed by atoms with Gasteiger partial charge in [-0.05, 0) is 42.5 Å². The number of carbonyl (C=O) groups is 2. The number of hydrogen-bond acceptors (Lipinski definition) is 7. The summed E-state index contributed by atoms with van der Waals surface area (Å²) in [7, 11) is 4.51. The van der Waals surface area contributed by atoms with Gasteiger partial charge in [-0.25, -0.2) is 4.68 Å². The Morgan fingerprint density at radius 2 is 1.45 bits per heavy atom. The number of hydrogen-bond donors (Lipinski definition) is 2. The van der Waals surface area contributed by atoms with Gasteiger partial charge in [-0.3, -0.25) is 14.4 Å². The first kappa shape index (κ1) is 23.3. The van der Waals surface area contributed by atoms with E-state index in [2.05, 4.69) is 15.7 Å². The van der Waals surface area contributed by atoms with Gasteiger partial charge in [0.2, 0.25) is 17.6 Å². The monoisotopic (exact) mass is 452 g/mol. The van der Waals surface area contributed by atoms with E-state index in [4.69, 9.17) is 14.2 Å². The minimum atomic E-state index is -0.432. The van der Waals surface area contributed by atoms with Crippen molar-refractivity contribution in [1.29, 1.82) is 0 Å². The number of anilines is 2. The number of amides is 2. The minimum Gasteiger partial charge on any atom is -0.493 e. The Bertz CT molecular complexity index is 1200. The maximum atomic E-state index is 12.5. The van der Waals surface area contributed by atoms with E-state index < -0.39 is 11.5 Å². The van der Waals surface area contributed by atoms with Crippen LogP contribution in [0.2, 0.25) is 0 Å². The molecule has 0 aliphatic carbocycles. The normalized spacial score (nSPS) is 10.3. The van der Waals surface area contributed by atoms with Crippen molar-refractivity contribution >= 4 is 23.2 Å². The molecular weight excluding hydrogens is 428 g/mol. The molecule has 172 valence electrons. The molecule has 0 radical (unpaired) electrons. The quantitative estimate of drug-likeness (QED) is 0.539. The van der Waals surface area contributed by atoms with Crippen molar-refractivity contribution in [2.45, 2.75) is 13.5 Å². The molecule has 1 aromatic heterocycles. The molecule has 0 unspecified atom stereocenters. The lowest BCUT2D eigenvalue weighted by Gasteiger charge is -2.14. The summed E-state index contributed by atoms with van der Waals surface area (Å²) in [5.74, 6) is 0.683. The van der Waals surface area contributed by atoms with Crippen LogP contribution in [0.1, 0.15) is 6.92 Å². The van der Waals surface area contributed by atoms with Crippen LogP contribution >= 0.6 is 0 Å². The highest BCUT2D eigenvalue weighted by atomic mass is 16.5. The van der Waals surface area contributed by atoms with Gasteiger partial charge in [-0.15, -0.1) is 0 Å². The van der Waals surface area contributed by atoms with Crippen LogP contribution in [-0.4, -0.2) is 42.9 Å². The molecule has 0 spiro atoms. The van der Waals surface area contributed by atoms with Gasteiger partial charge in [0.1, 0.15) is 6.54 Å². The third kappa shape index (κ3) is 5.67. The van der Waals surface area contributed by atoms with Gasteiger partial charge in [0, 0.05) is 29.9 Å². The lowest BCUT2D eigenvalue weighted by molar-refractivity contribution is -0.117. The summed E-state index contributed by atoms with van der Waals surface area (Å²) >= 11 is 0. The van der Waals surface area contributed by atoms with Crippen LogP contribution in [0.3, 0.4) is 0 Å². The molecule has 0 aliphatic rings. The van der Waals surface area contributed by atoms with Crippen LogP contribution in [0.5, 0.6) is 17.2 Å². The van der Waals surface area contributed by atoms with E-state index in [-0.39, 0.29) is 12.5 Å². The molecule has 1 heterocycles. The number of nitrogens with zero attached hydrogens (tertiary/aromatic N) is 2. The molecule has 3 rings (SSSR count). The molecule has 10 nitrogen and oxygen atoms in total. The maximum absolute atomic E-state index is 12.5. The van der Waals surface area contributed by atoms with E-state index in [1.165, 1.54) is 34.3 Å². The van der Waals surface area contributed by atoms with E-state index in [1.54, 1.807) is 42.5 Å². The summed E-state index contributed by atoms with van der Waals surface area (Å²) in [6.07, 6.45) is 0. The Labute approximate surface area is 190 Å². The van der Waals surface area contributed by atoms with Crippen molar-refractivity contribution in [3.8, 4) is 28.5 Å². The molecule has 10 heteroatoms. The van der Waals surface area contributed by atoms with E-state index >= 15 is 0 Å². The summed E-state index contributed by atoms with van der Waals surface area (Å²) in [6, 6.07) is 12.9. The smallest absolute Gasteiger partial charge is 0.267 e. The summed E-state index contributed by atoms with van der Waals surface area (Å²) < 4.78 is 17.1. The first-order valence-corrected chi connectivity index (χ1v) is 9.90. The minimum absolute atomic E-state index is 0.191. The summed E-state index contributed by atoms with van der Waals surface area (Å²) in [5.41, 5.74) is 1.76. The van der Waals surface area contributed by atoms with E-state index in [0.717, 1.165) is 4.68 Å². The molecule has 2 amide bonds. The Morgan fingerprint density at radius 3 is 1.97 bits per heavy atom. The zero-order valence-corrected chi connectivity index (χ0v) is 18.7. The van der Waals surface area contributed by atoms with Crippen LogP contribution in [0.15, 0.2) is 53.3 Å². The number of benzene rings is 2. The van der Waals surface area contributed by atoms with Crippen LogP contribution in [-0.2, 0) is 16.1 Å². The molecule has 0 saturated heterocycles. The molecule has 33 heavy (non-hydrogen) atoms. The molecule has 3 aromatic rings. The second-order valence-electron chi connectivity index (χ2n) is 6.94. The van der Waals surface area contributed by atoms with Gasteiger partial charge < -0.3 is 24.8 Å². The summed E-state index contributed by atoms with van der Waals surface area (Å²) in [4.78, 5) is 35.9. The van der Waals surface area contributed by atoms with E-state index in [9.17, 15) is 14.4 Å². The largest absolute Gasteiger partial charge is 0.493 e. The fraction of sp³-hybridized carbons (Fsp3) is 0.217. The molecule has 2 N–H and O–H groups in total.